The van der Waals surface area contributed by atoms with E-state index in [1.54, 1.807) is 0 Å². The van der Waals surface area contributed by atoms with Crippen molar-refractivity contribution in [3.05, 3.63) is 36.5 Å². The second-order valence-corrected chi connectivity index (χ2v) is 4.36. The van der Waals surface area contributed by atoms with Crippen LogP contribution in [-0.4, -0.2) is 16.6 Å². The Labute approximate surface area is 101 Å². The van der Waals surface area contributed by atoms with E-state index in [-0.39, 0.29) is 12.1 Å². The third-order valence-corrected chi connectivity index (χ3v) is 2.60. The van der Waals surface area contributed by atoms with Gasteiger partial charge in [-0.05, 0) is 31.4 Å². The number of aryl methyl sites for hydroxylation is 1. The summed E-state index contributed by atoms with van der Waals surface area (Å²) in [4.78, 5) is 11.4. The maximum Gasteiger partial charge on any atom is 0.307 e. The van der Waals surface area contributed by atoms with E-state index in [1.807, 2.05) is 32.2 Å². The van der Waals surface area contributed by atoms with E-state index in [0.717, 1.165) is 5.52 Å². The van der Waals surface area contributed by atoms with Crippen molar-refractivity contribution in [1.82, 2.24) is 4.57 Å². The van der Waals surface area contributed by atoms with Crippen molar-refractivity contribution in [2.45, 2.75) is 32.9 Å². The molecule has 0 aliphatic heterocycles. The molecule has 0 spiro atoms. The molecule has 2 rings (SSSR count). The van der Waals surface area contributed by atoms with Crippen LogP contribution in [0.1, 0.15) is 20.3 Å². The first-order valence-corrected chi connectivity index (χ1v) is 5.90. The number of hydrogen-bond donors (Lipinski definition) is 0. The van der Waals surface area contributed by atoms with Crippen molar-refractivity contribution in [2.24, 2.45) is 0 Å². The Kier molecular flexibility index (Phi) is 3.47. The van der Waals surface area contributed by atoms with Gasteiger partial charge in [-0.15, -0.1) is 0 Å². The predicted octanol–water partition coefficient (Wildman–Crippen LogP) is 2.98. The van der Waals surface area contributed by atoms with Gasteiger partial charge in [-0.3, -0.25) is 4.79 Å². The fourth-order valence-corrected chi connectivity index (χ4v) is 1.87. The number of carbonyl (C=O) groups excluding carboxylic acids is 1. The summed E-state index contributed by atoms with van der Waals surface area (Å²) in [6, 6.07) is 10.2. The highest BCUT2D eigenvalue weighted by Crippen LogP contribution is 2.15. The highest BCUT2D eigenvalue weighted by atomic mass is 16.5. The van der Waals surface area contributed by atoms with Crippen LogP contribution in [0.5, 0.6) is 0 Å². The Balaban J connectivity index is 2.02. The van der Waals surface area contributed by atoms with E-state index in [4.69, 9.17) is 4.74 Å². The third-order valence-electron chi connectivity index (χ3n) is 2.60. The number of esters is 1. The second-order valence-electron chi connectivity index (χ2n) is 4.36. The minimum Gasteiger partial charge on any atom is -0.463 e. The topological polar surface area (TPSA) is 31.2 Å². The van der Waals surface area contributed by atoms with Crippen LogP contribution < -0.4 is 0 Å². The van der Waals surface area contributed by atoms with Gasteiger partial charge >= 0.3 is 5.97 Å². The van der Waals surface area contributed by atoms with Gasteiger partial charge in [0.2, 0.25) is 0 Å². The van der Waals surface area contributed by atoms with E-state index >= 15 is 0 Å². The number of hydrogen-bond acceptors (Lipinski definition) is 2. The van der Waals surface area contributed by atoms with Gasteiger partial charge in [0.1, 0.15) is 0 Å². The molecule has 0 N–H and O–H groups in total. The van der Waals surface area contributed by atoms with E-state index in [0.29, 0.717) is 13.0 Å². The van der Waals surface area contributed by atoms with Crippen molar-refractivity contribution < 1.29 is 9.53 Å². The largest absolute Gasteiger partial charge is 0.463 e. The summed E-state index contributed by atoms with van der Waals surface area (Å²) in [7, 11) is 0. The zero-order valence-corrected chi connectivity index (χ0v) is 10.2. The van der Waals surface area contributed by atoms with Gasteiger partial charge in [-0.1, -0.05) is 18.2 Å². The molecule has 90 valence electrons. The molecule has 3 heteroatoms. The number of ether oxygens (including phenoxy) is 1. The molecule has 0 fully saturated rings. The first-order valence-electron chi connectivity index (χ1n) is 5.90. The molecule has 0 aliphatic rings. The monoisotopic (exact) mass is 231 g/mol. The average molecular weight is 231 g/mol. The van der Waals surface area contributed by atoms with E-state index in [2.05, 4.69) is 22.8 Å². The standard InChI is InChI=1S/C14H17NO2/c1-11(2)17-14(16)8-10-15-9-7-12-5-3-4-6-13(12)15/h3-7,9,11H,8,10H2,1-2H3. The summed E-state index contributed by atoms with van der Waals surface area (Å²) in [5.74, 6) is -0.141. The molecule has 0 atom stereocenters. The Morgan fingerprint density at radius 1 is 1.29 bits per heavy atom. The number of aromatic nitrogens is 1. The molecular weight excluding hydrogens is 214 g/mol. The van der Waals surface area contributed by atoms with Crippen LogP contribution in [0.2, 0.25) is 0 Å². The van der Waals surface area contributed by atoms with Crippen LogP contribution in [0.4, 0.5) is 0 Å². The third kappa shape index (κ3) is 2.87. The number of carbonyl (C=O) groups is 1. The zero-order valence-electron chi connectivity index (χ0n) is 10.2. The molecule has 0 bridgehead atoms. The minimum atomic E-state index is -0.141. The SMILES string of the molecule is CC(C)OC(=O)CCn1ccc2ccccc21. The summed E-state index contributed by atoms with van der Waals surface area (Å²) in [5, 5.41) is 1.20. The van der Waals surface area contributed by atoms with Gasteiger partial charge in [0.05, 0.1) is 12.5 Å². The van der Waals surface area contributed by atoms with Crippen molar-refractivity contribution in [3.8, 4) is 0 Å². The molecule has 0 unspecified atom stereocenters. The van der Waals surface area contributed by atoms with Crippen LogP contribution in [-0.2, 0) is 16.1 Å². The molecule has 0 radical (unpaired) electrons. The molecule has 0 aliphatic carbocycles. The first-order chi connectivity index (χ1) is 8.16. The molecular formula is C14H17NO2. The smallest absolute Gasteiger partial charge is 0.307 e. The van der Waals surface area contributed by atoms with Gasteiger partial charge in [0.25, 0.3) is 0 Å². The number of rotatable bonds is 4. The summed E-state index contributed by atoms with van der Waals surface area (Å²) in [6.07, 6.45) is 2.38. The fraction of sp³-hybridized carbons (Fsp3) is 0.357. The van der Waals surface area contributed by atoms with Crippen molar-refractivity contribution in [1.29, 1.82) is 0 Å². The number of nitrogens with zero attached hydrogens (tertiary/aromatic N) is 1. The fourth-order valence-electron chi connectivity index (χ4n) is 1.87. The van der Waals surface area contributed by atoms with Crippen molar-refractivity contribution >= 4 is 16.9 Å². The minimum absolute atomic E-state index is 0.0380. The van der Waals surface area contributed by atoms with Gasteiger partial charge < -0.3 is 9.30 Å². The number of fused-ring (bicyclic) bond motifs is 1. The lowest BCUT2D eigenvalue weighted by Crippen LogP contribution is -2.13. The van der Waals surface area contributed by atoms with Crippen LogP contribution in [0.15, 0.2) is 36.5 Å². The lowest BCUT2D eigenvalue weighted by Gasteiger charge is -2.08. The quantitative estimate of drug-likeness (QED) is 0.757. The predicted molar refractivity (Wildman–Crippen MR) is 67.8 cm³/mol. The van der Waals surface area contributed by atoms with Crippen LogP contribution in [0.3, 0.4) is 0 Å². The van der Waals surface area contributed by atoms with Gasteiger partial charge in [0.15, 0.2) is 0 Å². The van der Waals surface area contributed by atoms with E-state index < -0.39 is 0 Å². The van der Waals surface area contributed by atoms with Crippen LogP contribution in [0, 0.1) is 0 Å². The molecule has 17 heavy (non-hydrogen) atoms. The Morgan fingerprint density at radius 2 is 2.06 bits per heavy atom. The Hall–Kier alpha value is -1.77. The van der Waals surface area contributed by atoms with Crippen LogP contribution in [0.25, 0.3) is 10.9 Å². The molecule has 2 aromatic rings. The lowest BCUT2D eigenvalue weighted by atomic mass is 10.2. The first kappa shape index (κ1) is 11.7. The van der Waals surface area contributed by atoms with Crippen molar-refractivity contribution in [2.75, 3.05) is 0 Å². The molecule has 1 aromatic heterocycles. The Bertz CT molecular complexity index is 514. The molecule has 0 saturated heterocycles. The summed E-state index contributed by atoms with van der Waals surface area (Å²) < 4.78 is 7.19. The lowest BCUT2D eigenvalue weighted by molar-refractivity contribution is -0.147. The average Bonchev–Trinajstić information content (AvgIpc) is 2.69. The summed E-state index contributed by atoms with van der Waals surface area (Å²) in [6.45, 7) is 4.39. The molecule has 0 saturated carbocycles. The number of para-hydroxylation sites is 1. The highest BCUT2D eigenvalue weighted by Gasteiger charge is 2.06. The molecule has 0 amide bonds. The van der Waals surface area contributed by atoms with Crippen LogP contribution >= 0.6 is 0 Å². The maximum absolute atomic E-state index is 11.4. The molecule has 3 nitrogen and oxygen atoms in total. The molecule has 1 heterocycles. The number of benzene rings is 1. The Morgan fingerprint density at radius 3 is 2.82 bits per heavy atom. The zero-order chi connectivity index (χ0) is 12.3. The maximum atomic E-state index is 11.4. The van der Waals surface area contributed by atoms with Crippen molar-refractivity contribution in [3.63, 3.8) is 0 Å². The van der Waals surface area contributed by atoms with Gasteiger partial charge in [0, 0.05) is 18.3 Å². The second kappa shape index (κ2) is 5.04. The molecule has 1 aromatic carbocycles. The summed E-state index contributed by atoms with van der Waals surface area (Å²) in [5.41, 5.74) is 1.16. The van der Waals surface area contributed by atoms with Gasteiger partial charge in [-0.25, -0.2) is 0 Å². The highest BCUT2D eigenvalue weighted by molar-refractivity contribution is 5.80. The summed E-state index contributed by atoms with van der Waals surface area (Å²) >= 11 is 0. The normalized spacial score (nSPS) is 11.0. The van der Waals surface area contributed by atoms with E-state index in [9.17, 15) is 4.79 Å². The van der Waals surface area contributed by atoms with Gasteiger partial charge in [-0.2, -0.15) is 0 Å². The van der Waals surface area contributed by atoms with E-state index in [1.165, 1.54) is 5.39 Å².